The van der Waals surface area contributed by atoms with Gasteiger partial charge in [0.15, 0.2) is 0 Å². The molecule has 4 aromatic rings. The number of amides is 1. The molecular weight excluding hydrogens is 620 g/mol. The van der Waals surface area contributed by atoms with Gasteiger partial charge in [0, 0.05) is 43.0 Å². The van der Waals surface area contributed by atoms with Crippen molar-refractivity contribution in [1.29, 1.82) is 0 Å². The van der Waals surface area contributed by atoms with Crippen LogP contribution in [0.5, 0.6) is 5.75 Å². The molecule has 0 saturated carbocycles. The van der Waals surface area contributed by atoms with Crippen LogP contribution < -0.4 is 10.1 Å². The van der Waals surface area contributed by atoms with E-state index in [2.05, 4.69) is 70.7 Å². The van der Waals surface area contributed by atoms with E-state index in [-0.39, 0.29) is 30.6 Å². The van der Waals surface area contributed by atoms with Crippen LogP contribution in [-0.4, -0.2) is 73.6 Å². The predicted molar refractivity (Wildman–Crippen MR) is 196 cm³/mol. The Kier molecular flexibility index (Phi) is 12.9. The molecular formula is C40H49ClN4O3. The molecule has 7 rings (SSSR count). The average molecular weight is 669 g/mol. The van der Waals surface area contributed by atoms with Crippen LogP contribution >= 0.6 is 12.4 Å². The molecule has 4 aromatic carbocycles. The zero-order valence-electron chi connectivity index (χ0n) is 28.2. The second kappa shape index (κ2) is 17.5. The summed E-state index contributed by atoms with van der Waals surface area (Å²) in [5.41, 5.74) is 6.70. The number of halogens is 1. The van der Waals surface area contributed by atoms with Crippen molar-refractivity contribution < 1.29 is 14.3 Å². The zero-order chi connectivity index (χ0) is 32.4. The molecule has 0 aliphatic carbocycles. The quantitative estimate of drug-likeness (QED) is 0.207. The lowest BCUT2D eigenvalue weighted by Crippen LogP contribution is -2.33. The van der Waals surface area contributed by atoms with Crippen LogP contribution in [0.1, 0.15) is 71.1 Å². The number of likely N-dealkylation sites (tertiary alicyclic amines) is 1. The standard InChI is InChI=1S/C23H29N3O2.C17H19NO.ClH/c1-2-26-22(20-8-4-5-9-21(20)23(26)27)24-18-10-12-19(13-11-18)28-17-16-25-14-6-3-7-15-25;1-18-11-12-19-17(14-7-3-2-4-8-14)16-10-6-5-9-15(16)13-18;/h4-5,8-13,22,24H,2-3,6-7,14-17H2,1H3;2-10,17H,11-13H2,1H3;1H. The molecule has 2 atom stereocenters. The summed E-state index contributed by atoms with van der Waals surface area (Å²) in [5, 5.41) is 3.50. The van der Waals surface area contributed by atoms with E-state index >= 15 is 0 Å². The minimum atomic E-state index is -0.125. The number of carbonyl (C=O) groups is 1. The third-order valence-corrected chi connectivity index (χ3v) is 9.32. The highest BCUT2D eigenvalue weighted by molar-refractivity contribution is 5.99. The first-order chi connectivity index (χ1) is 23.1. The van der Waals surface area contributed by atoms with E-state index in [0.29, 0.717) is 6.54 Å². The first kappa shape index (κ1) is 35.4. The van der Waals surface area contributed by atoms with Crippen LogP contribution in [0, 0.1) is 0 Å². The van der Waals surface area contributed by atoms with Crippen molar-refractivity contribution in [2.24, 2.45) is 0 Å². The van der Waals surface area contributed by atoms with Gasteiger partial charge in [-0.15, -0.1) is 12.4 Å². The second-order valence-corrected chi connectivity index (χ2v) is 12.6. The number of nitrogens with one attached hydrogen (secondary N) is 1. The van der Waals surface area contributed by atoms with Crippen LogP contribution in [0.25, 0.3) is 0 Å². The van der Waals surface area contributed by atoms with Crippen LogP contribution in [0.15, 0.2) is 103 Å². The lowest BCUT2D eigenvalue weighted by molar-refractivity contribution is 0.0554. The van der Waals surface area contributed by atoms with E-state index in [1.807, 2.05) is 66.4 Å². The Morgan fingerprint density at radius 3 is 2.25 bits per heavy atom. The number of piperidine rings is 1. The van der Waals surface area contributed by atoms with Gasteiger partial charge in [-0.3, -0.25) is 14.6 Å². The Morgan fingerprint density at radius 1 is 0.812 bits per heavy atom. The van der Waals surface area contributed by atoms with Crippen molar-refractivity contribution >= 4 is 24.0 Å². The van der Waals surface area contributed by atoms with E-state index in [1.165, 1.54) is 49.0 Å². The van der Waals surface area contributed by atoms with Crippen molar-refractivity contribution in [3.8, 4) is 5.75 Å². The molecule has 3 aliphatic heterocycles. The Hall–Kier alpha value is -3.88. The fraction of sp³-hybridized carbons (Fsp3) is 0.375. The highest BCUT2D eigenvalue weighted by Crippen LogP contribution is 2.34. The summed E-state index contributed by atoms with van der Waals surface area (Å²) in [6.45, 7) is 9.52. The fourth-order valence-corrected chi connectivity index (χ4v) is 6.76. The zero-order valence-corrected chi connectivity index (χ0v) is 29.0. The maximum atomic E-state index is 12.6. The third-order valence-electron chi connectivity index (χ3n) is 9.32. The molecule has 1 N–H and O–H groups in total. The number of hydrogen-bond donors (Lipinski definition) is 1. The topological polar surface area (TPSA) is 57.3 Å². The van der Waals surface area contributed by atoms with Gasteiger partial charge in [-0.05, 0) is 86.9 Å². The summed E-state index contributed by atoms with van der Waals surface area (Å²) in [6, 6.07) is 35.0. The van der Waals surface area contributed by atoms with Gasteiger partial charge in [-0.2, -0.15) is 0 Å². The summed E-state index contributed by atoms with van der Waals surface area (Å²) >= 11 is 0. The second-order valence-electron chi connectivity index (χ2n) is 12.6. The maximum absolute atomic E-state index is 12.6. The van der Waals surface area contributed by atoms with Crippen molar-refractivity contribution in [2.75, 3.05) is 58.3 Å². The van der Waals surface area contributed by atoms with E-state index in [1.54, 1.807) is 0 Å². The smallest absolute Gasteiger partial charge is 0.256 e. The number of carbonyl (C=O) groups excluding carboxylic acids is 1. The Balaban J connectivity index is 0.000000197. The summed E-state index contributed by atoms with van der Waals surface area (Å²) < 4.78 is 12.0. The summed E-state index contributed by atoms with van der Waals surface area (Å²) in [7, 11) is 2.14. The van der Waals surface area contributed by atoms with Gasteiger partial charge in [0.25, 0.3) is 5.91 Å². The van der Waals surface area contributed by atoms with Gasteiger partial charge < -0.3 is 19.7 Å². The van der Waals surface area contributed by atoms with Crippen molar-refractivity contribution in [1.82, 2.24) is 14.7 Å². The van der Waals surface area contributed by atoms with E-state index < -0.39 is 0 Å². The van der Waals surface area contributed by atoms with Gasteiger partial charge in [-0.1, -0.05) is 79.2 Å². The van der Waals surface area contributed by atoms with E-state index in [9.17, 15) is 4.79 Å². The van der Waals surface area contributed by atoms with E-state index in [0.717, 1.165) is 55.4 Å². The number of likely N-dealkylation sites (N-methyl/N-ethyl adjacent to an activating group) is 1. The van der Waals surface area contributed by atoms with Gasteiger partial charge in [0.2, 0.25) is 0 Å². The first-order valence-electron chi connectivity index (χ1n) is 17.1. The summed E-state index contributed by atoms with van der Waals surface area (Å²) in [6.07, 6.45) is 3.91. The molecule has 254 valence electrons. The molecule has 3 aliphatic rings. The largest absolute Gasteiger partial charge is 0.492 e. The third kappa shape index (κ3) is 8.77. The van der Waals surface area contributed by atoms with Crippen LogP contribution in [0.4, 0.5) is 5.69 Å². The van der Waals surface area contributed by atoms with Crippen LogP contribution in [0.2, 0.25) is 0 Å². The van der Waals surface area contributed by atoms with Crippen molar-refractivity contribution in [2.45, 2.75) is 45.0 Å². The minimum absolute atomic E-state index is 0. The molecule has 1 saturated heterocycles. The maximum Gasteiger partial charge on any atom is 0.256 e. The number of rotatable bonds is 8. The van der Waals surface area contributed by atoms with Crippen LogP contribution in [0.3, 0.4) is 0 Å². The lowest BCUT2D eigenvalue weighted by atomic mass is 9.96. The number of hydrogen-bond acceptors (Lipinski definition) is 6. The highest BCUT2D eigenvalue weighted by atomic mass is 35.5. The number of ether oxygens (including phenoxy) is 2. The molecule has 48 heavy (non-hydrogen) atoms. The molecule has 8 heteroatoms. The van der Waals surface area contributed by atoms with Crippen molar-refractivity contribution in [3.05, 3.63) is 131 Å². The van der Waals surface area contributed by atoms with Gasteiger partial charge in [0.05, 0.1) is 6.61 Å². The molecule has 0 radical (unpaired) electrons. The number of nitrogens with zero attached hydrogens (tertiary/aromatic N) is 3. The number of fused-ring (bicyclic) bond motifs is 2. The SMILES string of the molecule is CCN1C(=O)c2ccccc2C1Nc1ccc(OCCN2CCCCC2)cc1.CN1CCOC(c2ccccc2)c2ccccc2C1.Cl. The first-order valence-corrected chi connectivity index (χ1v) is 17.1. The van der Waals surface area contributed by atoms with Gasteiger partial charge in [0.1, 0.15) is 24.6 Å². The van der Waals surface area contributed by atoms with Crippen molar-refractivity contribution in [3.63, 3.8) is 0 Å². The Morgan fingerprint density at radius 2 is 1.50 bits per heavy atom. The Bertz CT molecular complexity index is 1580. The molecule has 1 fully saturated rings. The summed E-state index contributed by atoms with van der Waals surface area (Å²) in [4.78, 5) is 19.2. The molecule has 3 heterocycles. The average Bonchev–Trinajstić information content (AvgIpc) is 3.38. The monoisotopic (exact) mass is 668 g/mol. The van der Waals surface area contributed by atoms with E-state index in [4.69, 9.17) is 9.47 Å². The highest BCUT2D eigenvalue weighted by Gasteiger charge is 2.35. The lowest BCUT2D eigenvalue weighted by Gasteiger charge is -2.28. The molecule has 0 aromatic heterocycles. The minimum Gasteiger partial charge on any atom is -0.492 e. The Labute approximate surface area is 292 Å². The molecule has 7 nitrogen and oxygen atoms in total. The normalized spacial score (nSPS) is 19.5. The predicted octanol–water partition coefficient (Wildman–Crippen LogP) is 7.80. The molecule has 1 amide bonds. The fourth-order valence-electron chi connectivity index (χ4n) is 6.76. The molecule has 0 bridgehead atoms. The van der Waals surface area contributed by atoms with Gasteiger partial charge in [-0.25, -0.2) is 0 Å². The number of anilines is 1. The van der Waals surface area contributed by atoms with Gasteiger partial charge >= 0.3 is 0 Å². The molecule has 2 unspecified atom stereocenters. The number of benzene rings is 4. The summed E-state index contributed by atoms with van der Waals surface area (Å²) in [5.74, 6) is 0.978. The van der Waals surface area contributed by atoms with Crippen LogP contribution in [-0.2, 0) is 11.3 Å². The molecule has 0 spiro atoms.